The monoisotopic (exact) mass is 153 g/mol. The number of phenols is 3. The van der Waals surface area contributed by atoms with Gasteiger partial charge >= 0.3 is 0 Å². The van der Waals surface area contributed by atoms with E-state index in [2.05, 4.69) is 6.92 Å². The first-order valence-electron chi connectivity index (χ1n) is 3.18. The molecular formula is C8H9O3. The zero-order valence-electron chi connectivity index (χ0n) is 5.91. The fourth-order valence-electron chi connectivity index (χ4n) is 0.805. The van der Waals surface area contributed by atoms with Crippen LogP contribution in [-0.2, 0) is 6.42 Å². The van der Waals surface area contributed by atoms with Crippen molar-refractivity contribution < 1.29 is 15.3 Å². The average molecular weight is 153 g/mol. The SMILES string of the molecule is [CH2]Cc1cc(O)c(O)c(O)c1. The molecule has 0 atom stereocenters. The van der Waals surface area contributed by atoms with Gasteiger partial charge in [-0.3, -0.25) is 0 Å². The molecule has 0 fully saturated rings. The molecule has 59 valence electrons. The Balaban J connectivity index is 3.21. The van der Waals surface area contributed by atoms with Crippen LogP contribution in [0.5, 0.6) is 17.2 Å². The molecule has 0 aromatic heterocycles. The Kier molecular flexibility index (Phi) is 1.89. The summed E-state index contributed by atoms with van der Waals surface area (Å²) < 4.78 is 0. The van der Waals surface area contributed by atoms with Gasteiger partial charge in [0.25, 0.3) is 0 Å². The fourth-order valence-corrected chi connectivity index (χ4v) is 0.805. The number of benzene rings is 1. The summed E-state index contributed by atoms with van der Waals surface area (Å²) in [6.45, 7) is 3.56. The maximum absolute atomic E-state index is 8.97. The molecule has 0 heterocycles. The molecule has 0 saturated carbocycles. The van der Waals surface area contributed by atoms with E-state index in [1.165, 1.54) is 12.1 Å². The number of phenolic OH excluding ortho intramolecular Hbond substituents is 3. The van der Waals surface area contributed by atoms with Crippen molar-refractivity contribution >= 4 is 0 Å². The molecule has 11 heavy (non-hydrogen) atoms. The molecule has 0 saturated heterocycles. The van der Waals surface area contributed by atoms with Crippen LogP contribution in [0.15, 0.2) is 12.1 Å². The Morgan fingerprint density at radius 2 is 1.55 bits per heavy atom. The number of hydrogen-bond donors (Lipinski definition) is 3. The quantitative estimate of drug-likeness (QED) is 0.531. The second-order valence-corrected chi connectivity index (χ2v) is 2.23. The maximum Gasteiger partial charge on any atom is 0.200 e. The minimum Gasteiger partial charge on any atom is -0.504 e. The molecule has 0 aliphatic heterocycles. The van der Waals surface area contributed by atoms with E-state index in [1.807, 2.05) is 0 Å². The predicted octanol–water partition coefficient (Wildman–Crippen LogP) is 1.18. The lowest BCUT2D eigenvalue weighted by Gasteiger charge is -2.02. The highest BCUT2D eigenvalue weighted by Crippen LogP contribution is 2.35. The summed E-state index contributed by atoms with van der Waals surface area (Å²) >= 11 is 0. The van der Waals surface area contributed by atoms with Crippen LogP contribution in [0, 0.1) is 6.92 Å². The van der Waals surface area contributed by atoms with Crippen molar-refractivity contribution in [2.75, 3.05) is 0 Å². The summed E-state index contributed by atoms with van der Waals surface area (Å²) in [5, 5.41) is 26.9. The van der Waals surface area contributed by atoms with Crippen LogP contribution in [0.3, 0.4) is 0 Å². The van der Waals surface area contributed by atoms with Crippen molar-refractivity contribution in [1.82, 2.24) is 0 Å². The van der Waals surface area contributed by atoms with Crippen LogP contribution >= 0.6 is 0 Å². The second-order valence-electron chi connectivity index (χ2n) is 2.23. The van der Waals surface area contributed by atoms with Crippen LogP contribution in [0.1, 0.15) is 5.56 Å². The van der Waals surface area contributed by atoms with E-state index < -0.39 is 5.75 Å². The largest absolute Gasteiger partial charge is 0.504 e. The van der Waals surface area contributed by atoms with E-state index in [-0.39, 0.29) is 11.5 Å². The van der Waals surface area contributed by atoms with Gasteiger partial charge in [-0.25, -0.2) is 0 Å². The van der Waals surface area contributed by atoms with Gasteiger partial charge in [0.1, 0.15) is 0 Å². The van der Waals surface area contributed by atoms with E-state index in [0.29, 0.717) is 12.0 Å². The van der Waals surface area contributed by atoms with Crippen LogP contribution in [0.2, 0.25) is 0 Å². The molecule has 3 nitrogen and oxygen atoms in total. The first-order valence-corrected chi connectivity index (χ1v) is 3.18. The van der Waals surface area contributed by atoms with Gasteiger partial charge in [-0.15, -0.1) is 0 Å². The van der Waals surface area contributed by atoms with Gasteiger partial charge in [-0.05, 0) is 31.0 Å². The second kappa shape index (κ2) is 2.70. The molecule has 0 aliphatic rings. The average Bonchev–Trinajstić information content (AvgIpc) is 1.99. The molecule has 1 aromatic rings. The highest BCUT2D eigenvalue weighted by molar-refractivity contribution is 5.51. The molecule has 0 aliphatic carbocycles. The van der Waals surface area contributed by atoms with Crippen LogP contribution in [-0.4, -0.2) is 15.3 Å². The van der Waals surface area contributed by atoms with E-state index >= 15 is 0 Å². The molecule has 0 bridgehead atoms. The van der Waals surface area contributed by atoms with Crippen molar-refractivity contribution in [3.05, 3.63) is 24.6 Å². The molecule has 1 radical (unpaired) electrons. The fraction of sp³-hybridized carbons (Fsp3) is 0.125. The third-order valence-corrected chi connectivity index (χ3v) is 1.42. The Labute approximate surface area is 64.5 Å². The predicted molar refractivity (Wildman–Crippen MR) is 40.5 cm³/mol. The van der Waals surface area contributed by atoms with Crippen molar-refractivity contribution in [2.45, 2.75) is 6.42 Å². The summed E-state index contributed by atoms with van der Waals surface area (Å²) in [6.07, 6.45) is 0.460. The third kappa shape index (κ3) is 1.37. The van der Waals surface area contributed by atoms with Gasteiger partial charge in [0.2, 0.25) is 0 Å². The molecule has 1 aromatic carbocycles. The smallest absolute Gasteiger partial charge is 0.200 e. The van der Waals surface area contributed by atoms with E-state index in [4.69, 9.17) is 15.3 Å². The van der Waals surface area contributed by atoms with Gasteiger partial charge < -0.3 is 15.3 Å². The summed E-state index contributed by atoms with van der Waals surface area (Å²) in [5.41, 5.74) is 0.679. The summed E-state index contributed by atoms with van der Waals surface area (Å²) in [7, 11) is 0. The van der Waals surface area contributed by atoms with Crippen molar-refractivity contribution in [3.8, 4) is 17.2 Å². The summed E-state index contributed by atoms with van der Waals surface area (Å²) in [5.74, 6) is -1.12. The molecule has 3 heteroatoms. The van der Waals surface area contributed by atoms with Gasteiger partial charge in [0, 0.05) is 0 Å². The lowest BCUT2D eigenvalue weighted by Crippen LogP contribution is -1.80. The number of aromatic hydroxyl groups is 3. The van der Waals surface area contributed by atoms with E-state index in [1.54, 1.807) is 0 Å². The highest BCUT2D eigenvalue weighted by Gasteiger charge is 2.05. The molecule has 0 amide bonds. The maximum atomic E-state index is 8.97. The molecule has 0 spiro atoms. The minimum absolute atomic E-state index is 0.316. The van der Waals surface area contributed by atoms with Gasteiger partial charge in [-0.2, -0.15) is 0 Å². The first kappa shape index (κ1) is 7.72. The van der Waals surface area contributed by atoms with Crippen molar-refractivity contribution in [3.63, 3.8) is 0 Å². The van der Waals surface area contributed by atoms with Crippen LogP contribution < -0.4 is 0 Å². The molecule has 3 N–H and O–H groups in total. The lowest BCUT2D eigenvalue weighted by molar-refractivity contribution is 0.367. The van der Waals surface area contributed by atoms with Gasteiger partial charge in [-0.1, -0.05) is 0 Å². The molecular weight excluding hydrogens is 144 g/mol. The van der Waals surface area contributed by atoms with Crippen LogP contribution in [0.25, 0.3) is 0 Å². The van der Waals surface area contributed by atoms with E-state index in [9.17, 15) is 0 Å². The molecule has 0 unspecified atom stereocenters. The summed E-state index contributed by atoms with van der Waals surface area (Å²) in [4.78, 5) is 0. The normalized spacial score (nSPS) is 9.91. The van der Waals surface area contributed by atoms with E-state index in [0.717, 1.165) is 0 Å². The Morgan fingerprint density at radius 1 is 1.09 bits per heavy atom. The standard InChI is InChI=1S/C8H9O3/c1-2-5-3-6(9)8(11)7(10)4-5/h3-4,9-11H,1-2H2. The van der Waals surface area contributed by atoms with Gasteiger partial charge in [0.05, 0.1) is 0 Å². The Bertz CT molecular complexity index is 245. The van der Waals surface area contributed by atoms with Crippen molar-refractivity contribution in [2.24, 2.45) is 0 Å². The summed E-state index contributed by atoms with van der Waals surface area (Å²) in [6, 6.07) is 2.73. The highest BCUT2D eigenvalue weighted by atomic mass is 16.3. The first-order chi connectivity index (χ1) is 5.15. The van der Waals surface area contributed by atoms with Crippen molar-refractivity contribution in [1.29, 1.82) is 0 Å². The van der Waals surface area contributed by atoms with Gasteiger partial charge in [0.15, 0.2) is 17.2 Å². The Hall–Kier alpha value is -1.38. The minimum atomic E-state index is -0.484. The third-order valence-electron chi connectivity index (χ3n) is 1.42. The topological polar surface area (TPSA) is 60.7 Å². The number of rotatable bonds is 1. The lowest BCUT2D eigenvalue weighted by atomic mass is 10.1. The zero-order valence-corrected chi connectivity index (χ0v) is 5.91. The van der Waals surface area contributed by atoms with Crippen LogP contribution in [0.4, 0.5) is 0 Å². The zero-order chi connectivity index (χ0) is 8.43. The number of hydrogen-bond acceptors (Lipinski definition) is 3. The Morgan fingerprint density at radius 3 is 1.91 bits per heavy atom. The molecule has 1 rings (SSSR count).